The van der Waals surface area contributed by atoms with Gasteiger partial charge in [0, 0.05) is 12.3 Å². The van der Waals surface area contributed by atoms with Gasteiger partial charge in [-0.2, -0.15) is 5.10 Å². The van der Waals surface area contributed by atoms with Crippen LogP contribution in [0.25, 0.3) is 0 Å². The third kappa shape index (κ3) is 2.65. The van der Waals surface area contributed by atoms with Gasteiger partial charge in [0.25, 0.3) is 0 Å². The van der Waals surface area contributed by atoms with Gasteiger partial charge in [0.05, 0.1) is 17.3 Å². The van der Waals surface area contributed by atoms with Crippen molar-refractivity contribution in [1.82, 2.24) is 9.78 Å². The summed E-state index contributed by atoms with van der Waals surface area (Å²) in [4.78, 5) is 0. The molecular weight excluding hydrogens is 248 g/mol. The number of aromatic nitrogens is 2. The Morgan fingerprint density at radius 3 is 2.75 bits per heavy atom. The van der Waals surface area contributed by atoms with Crippen LogP contribution in [0, 0.1) is 0 Å². The van der Waals surface area contributed by atoms with E-state index in [1.54, 1.807) is 0 Å². The van der Waals surface area contributed by atoms with Crippen molar-refractivity contribution in [1.29, 1.82) is 0 Å². The first-order valence-electron chi connectivity index (χ1n) is 8.47. The molecule has 1 saturated heterocycles. The maximum Gasteiger partial charge on any atom is 0.0703 e. The van der Waals surface area contributed by atoms with Crippen molar-refractivity contribution in [2.45, 2.75) is 83.3 Å². The molecule has 0 radical (unpaired) electrons. The van der Waals surface area contributed by atoms with E-state index in [9.17, 15) is 0 Å². The summed E-state index contributed by atoms with van der Waals surface area (Å²) in [5.74, 6) is 0. The second-order valence-corrected chi connectivity index (χ2v) is 6.52. The quantitative estimate of drug-likeness (QED) is 0.832. The van der Waals surface area contributed by atoms with E-state index in [2.05, 4.69) is 24.6 Å². The van der Waals surface area contributed by atoms with Crippen molar-refractivity contribution < 1.29 is 4.74 Å². The highest BCUT2D eigenvalue weighted by molar-refractivity contribution is 5.12. The van der Waals surface area contributed by atoms with Crippen molar-refractivity contribution >= 4 is 0 Å². The Morgan fingerprint density at radius 2 is 2.05 bits per heavy atom. The van der Waals surface area contributed by atoms with Gasteiger partial charge in [-0.15, -0.1) is 0 Å². The normalized spacial score (nSPS) is 26.0. The average molecular weight is 276 g/mol. The monoisotopic (exact) mass is 276 g/mol. The van der Waals surface area contributed by atoms with E-state index in [4.69, 9.17) is 9.84 Å². The third-order valence-electron chi connectivity index (χ3n) is 5.17. The molecule has 1 unspecified atom stereocenters. The van der Waals surface area contributed by atoms with Crippen molar-refractivity contribution in [3.05, 3.63) is 17.5 Å². The first-order valence-corrected chi connectivity index (χ1v) is 8.47. The van der Waals surface area contributed by atoms with Crippen LogP contribution in [0.5, 0.6) is 0 Å². The maximum absolute atomic E-state index is 6.22. The predicted octanol–water partition coefficient (Wildman–Crippen LogP) is 4.06. The topological polar surface area (TPSA) is 27.1 Å². The zero-order chi connectivity index (χ0) is 14.0. The molecule has 2 fully saturated rings. The van der Waals surface area contributed by atoms with Crippen molar-refractivity contribution in [2.24, 2.45) is 0 Å². The smallest absolute Gasteiger partial charge is 0.0703 e. The fourth-order valence-corrected chi connectivity index (χ4v) is 4.00. The Bertz CT molecular complexity index is 440. The molecule has 0 bridgehead atoms. The van der Waals surface area contributed by atoms with Crippen molar-refractivity contribution in [3.63, 3.8) is 0 Å². The molecular formula is C17H28N2O. The van der Waals surface area contributed by atoms with E-state index in [1.165, 1.54) is 49.9 Å². The lowest BCUT2D eigenvalue weighted by Gasteiger charge is -2.43. The Hall–Kier alpha value is -0.830. The highest BCUT2D eigenvalue weighted by atomic mass is 16.5. The molecule has 20 heavy (non-hydrogen) atoms. The van der Waals surface area contributed by atoms with Crippen LogP contribution in [0.2, 0.25) is 0 Å². The largest absolute Gasteiger partial charge is 0.375 e. The minimum Gasteiger partial charge on any atom is -0.375 e. The minimum atomic E-state index is 0.171. The van der Waals surface area contributed by atoms with Gasteiger partial charge in [-0.25, -0.2) is 0 Å². The molecule has 0 amide bonds. The number of nitrogens with zero attached hydrogens (tertiary/aromatic N) is 2. The Kier molecular flexibility index (Phi) is 4.16. The maximum atomic E-state index is 6.22. The molecule has 3 nitrogen and oxygen atoms in total. The lowest BCUT2D eigenvalue weighted by molar-refractivity contribution is -0.116. The van der Waals surface area contributed by atoms with Crippen LogP contribution >= 0.6 is 0 Å². The molecule has 3 heteroatoms. The predicted molar refractivity (Wildman–Crippen MR) is 81.0 cm³/mol. The number of rotatable bonds is 3. The fraction of sp³-hybridized carbons (Fsp3) is 0.824. The molecule has 1 aliphatic heterocycles. The minimum absolute atomic E-state index is 0.171. The van der Waals surface area contributed by atoms with Gasteiger partial charge in [-0.05, 0) is 44.6 Å². The second kappa shape index (κ2) is 5.88. The third-order valence-corrected chi connectivity index (χ3v) is 5.17. The summed E-state index contributed by atoms with van der Waals surface area (Å²) >= 11 is 0. The summed E-state index contributed by atoms with van der Waals surface area (Å²) in [6, 6.07) is 2.85. The van der Waals surface area contributed by atoms with E-state index >= 15 is 0 Å². The van der Waals surface area contributed by atoms with Crippen molar-refractivity contribution in [2.75, 3.05) is 6.61 Å². The molecule has 1 atom stereocenters. The van der Waals surface area contributed by atoms with Crippen molar-refractivity contribution in [3.8, 4) is 0 Å². The molecule has 112 valence electrons. The van der Waals surface area contributed by atoms with Gasteiger partial charge in [0.15, 0.2) is 0 Å². The Labute approximate surface area is 122 Å². The van der Waals surface area contributed by atoms with Gasteiger partial charge in [0.1, 0.15) is 0 Å². The zero-order valence-corrected chi connectivity index (χ0v) is 13.0. The van der Waals surface area contributed by atoms with E-state index < -0.39 is 0 Å². The number of hydrogen-bond donors (Lipinski definition) is 0. The molecule has 3 rings (SSSR count). The van der Waals surface area contributed by atoms with Gasteiger partial charge in [-0.1, -0.05) is 33.1 Å². The lowest BCUT2D eigenvalue weighted by atomic mass is 9.78. The molecule has 1 saturated carbocycles. The zero-order valence-electron chi connectivity index (χ0n) is 13.0. The summed E-state index contributed by atoms with van der Waals surface area (Å²) in [5, 5.41) is 4.86. The SMILES string of the molecule is CCc1cc(CC)n(C2CCOC3(CCCCC3)C2)n1. The summed E-state index contributed by atoms with van der Waals surface area (Å²) in [5.41, 5.74) is 2.82. The second-order valence-electron chi connectivity index (χ2n) is 6.52. The van der Waals surface area contributed by atoms with Crippen LogP contribution in [0.3, 0.4) is 0 Å². The van der Waals surface area contributed by atoms with Crippen LogP contribution < -0.4 is 0 Å². The molecule has 1 aromatic heterocycles. The van der Waals surface area contributed by atoms with Crippen LogP contribution in [-0.4, -0.2) is 22.0 Å². The highest BCUT2D eigenvalue weighted by Gasteiger charge is 2.39. The van der Waals surface area contributed by atoms with E-state index in [1.807, 2.05) is 0 Å². The molecule has 0 aromatic carbocycles. The van der Waals surface area contributed by atoms with Crippen LogP contribution in [0.1, 0.15) is 76.2 Å². The van der Waals surface area contributed by atoms with E-state index in [0.717, 1.165) is 25.9 Å². The highest BCUT2D eigenvalue weighted by Crippen LogP contribution is 2.42. The number of aryl methyl sites for hydroxylation is 2. The molecule has 1 aliphatic carbocycles. The summed E-state index contributed by atoms with van der Waals surface area (Å²) in [6.45, 7) is 5.34. The summed E-state index contributed by atoms with van der Waals surface area (Å²) in [7, 11) is 0. The van der Waals surface area contributed by atoms with Gasteiger partial charge in [0.2, 0.25) is 0 Å². The average Bonchev–Trinajstić information content (AvgIpc) is 2.91. The van der Waals surface area contributed by atoms with E-state index in [0.29, 0.717) is 6.04 Å². The molecule has 1 spiro atoms. The standard InChI is InChI=1S/C17H28N2O/c1-3-14-12-15(4-2)19(18-14)16-8-11-20-17(13-16)9-6-5-7-10-17/h12,16H,3-11,13H2,1-2H3. The van der Waals surface area contributed by atoms with Gasteiger partial charge in [-0.3, -0.25) is 4.68 Å². The van der Waals surface area contributed by atoms with E-state index in [-0.39, 0.29) is 5.60 Å². The Morgan fingerprint density at radius 1 is 1.25 bits per heavy atom. The van der Waals surface area contributed by atoms with Gasteiger partial charge < -0.3 is 4.74 Å². The van der Waals surface area contributed by atoms with Gasteiger partial charge >= 0.3 is 0 Å². The number of hydrogen-bond acceptors (Lipinski definition) is 2. The number of ether oxygens (including phenoxy) is 1. The first-order chi connectivity index (χ1) is 9.76. The fourth-order valence-electron chi connectivity index (χ4n) is 4.00. The lowest BCUT2D eigenvalue weighted by Crippen LogP contribution is -2.42. The summed E-state index contributed by atoms with van der Waals surface area (Å²) < 4.78 is 8.55. The summed E-state index contributed by atoms with van der Waals surface area (Å²) in [6.07, 6.45) is 11.0. The molecule has 2 heterocycles. The molecule has 2 aliphatic rings. The van der Waals surface area contributed by atoms with Crippen LogP contribution in [-0.2, 0) is 17.6 Å². The van der Waals surface area contributed by atoms with Crippen LogP contribution in [0.4, 0.5) is 0 Å². The van der Waals surface area contributed by atoms with Crippen LogP contribution in [0.15, 0.2) is 6.07 Å². The molecule has 0 N–H and O–H groups in total. The molecule has 1 aromatic rings. The first kappa shape index (κ1) is 14.1. The Balaban J connectivity index is 1.80.